The van der Waals surface area contributed by atoms with Gasteiger partial charge in [-0.3, -0.25) is 4.79 Å². The maximum Gasteiger partial charge on any atom is 0.143 e. The molecule has 0 amide bonds. The molecule has 0 spiro atoms. The lowest BCUT2D eigenvalue weighted by Crippen LogP contribution is -2.44. The van der Waals surface area contributed by atoms with Crippen LogP contribution in [0.2, 0.25) is 0 Å². The van der Waals surface area contributed by atoms with Crippen LogP contribution in [0.1, 0.15) is 75.8 Å². The Morgan fingerprint density at radius 3 is 2.67 bits per heavy atom. The van der Waals surface area contributed by atoms with Gasteiger partial charge in [0.2, 0.25) is 0 Å². The second-order valence-corrected chi connectivity index (χ2v) is 9.97. The minimum absolute atomic E-state index is 0.0669. The fourth-order valence-electron chi connectivity index (χ4n) is 6.78. The number of hydrogen-bond acceptors (Lipinski definition) is 3. The lowest BCUT2D eigenvalue weighted by atomic mass is 9.53. The van der Waals surface area contributed by atoms with Gasteiger partial charge in [-0.05, 0) is 96.8 Å². The number of benzene rings is 1. The number of aldehydes is 1. The zero-order valence-electron chi connectivity index (χ0n) is 19.7. The van der Waals surface area contributed by atoms with Crippen molar-refractivity contribution in [3.05, 3.63) is 70.3 Å². The zero-order chi connectivity index (χ0) is 23.4. The second-order valence-electron chi connectivity index (χ2n) is 9.97. The third-order valence-corrected chi connectivity index (χ3v) is 8.26. The van der Waals surface area contributed by atoms with Crippen LogP contribution in [-0.4, -0.2) is 17.5 Å². The number of allylic oxidation sites excluding steroid dienone is 6. The van der Waals surface area contributed by atoms with Crippen molar-refractivity contribution in [1.82, 2.24) is 0 Å². The van der Waals surface area contributed by atoms with Crippen LogP contribution in [0.5, 0.6) is 0 Å². The number of fused-ring (bicyclic) bond motifs is 3. The molecule has 0 heterocycles. The highest BCUT2D eigenvalue weighted by atomic mass is 16.3. The summed E-state index contributed by atoms with van der Waals surface area (Å²) in [6.07, 6.45) is 12.5. The van der Waals surface area contributed by atoms with E-state index in [0.717, 1.165) is 56.8 Å². The SMILES string of the molecule is CCCC1=C2C(c3ccc(C#C/C=C\C#N)cc3)CC3(C)C(O)CCC3C2CC/C1=C/C=O. The van der Waals surface area contributed by atoms with E-state index in [9.17, 15) is 9.90 Å². The molecular weight excluding hydrogens is 406 g/mol. The summed E-state index contributed by atoms with van der Waals surface area (Å²) in [5.74, 6) is 7.22. The van der Waals surface area contributed by atoms with E-state index in [2.05, 4.69) is 50.0 Å². The first-order chi connectivity index (χ1) is 16.0. The molecule has 5 atom stereocenters. The molecule has 1 aromatic carbocycles. The quantitative estimate of drug-likeness (QED) is 0.270. The Morgan fingerprint density at radius 2 is 1.97 bits per heavy atom. The van der Waals surface area contributed by atoms with Crippen LogP contribution in [0, 0.1) is 40.4 Å². The summed E-state index contributed by atoms with van der Waals surface area (Å²) >= 11 is 0. The summed E-state index contributed by atoms with van der Waals surface area (Å²) in [5.41, 5.74) is 6.28. The normalized spacial score (nSPS) is 32.1. The Bertz CT molecular complexity index is 1090. The molecule has 4 rings (SSSR count). The highest BCUT2D eigenvalue weighted by Crippen LogP contribution is 2.63. The topological polar surface area (TPSA) is 61.1 Å². The van der Waals surface area contributed by atoms with E-state index in [4.69, 9.17) is 5.26 Å². The number of carbonyl (C=O) groups excluding carboxylic acids is 1. The molecule has 170 valence electrons. The minimum atomic E-state index is -0.245. The minimum Gasteiger partial charge on any atom is -0.393 e. The molecule has 2 saturated carbocycles. The van der Waals surface area contributed by atoms with E-state index in [1.165, 1.54) is 28.4 Å². The lowest BCUT2D eigenvalue weighted by Gasteiger charge is -2.51. The molecule has 1 aromatic rings. The Morgan fingerprint density at radius 1 is 1.18 bits per heavy atom. The maximum atomic E-state index is 11.4. The van der Waals surface area contributed by atoms with Gasteiger partial charge in [-0.15, -0.1) is 0 Å². The Labute approximate surface area is 197 Å². The Balaban J connectivity index is 1.80. The van der Waals surface area contributed by atoms with Gasteiger partial charge in [0.1, 0.15) is 6.29 Å². The fourth-order valence-corrected chi connectivity index (χ4v) is 6.78. The third-order valence-electron chi connectivity index (χ3n) is 8.26. The van der Waals surface area contributed by atoms with E-state index in [1.807, 2.05) is 6.07 Å². The first-order valence-corrected chi connectivity index (χ1v) is 12.2. The second kappa shape index (κ2) is 9.94. The van der Waals surface area contributed by atoms with Gasteiger partial charge in [0, 0.05) is 17.6 Å². The molecule has 0 bridgehead atoms. The van der Waals surface area contributed by atoms with Crippen molar-refractivity contribution < 1.29 is 9.90 Å². The van der Waals surface area contributed by atoms with Crippen LogP contribution < -0.4 is 0 Å². The van der Waals surface area contributed by atoms with Crippen LogP contribution in [-0.2, 0) is 4.79 Å². The number of carbonyl (C=O) groups is 1. The van der Waals surface area contributed by atoms with E-state index in [1.54, 1.807) is 12.2 Å². The van der Waals surface area contributed by atoms with Crippen LogP contribution in [0.25, 0.3) is 0 Å². The average molecular weight is 440 g/mol. The number of rotatable bonds is 4. The number of aliphatic hydroxyl groups is 1. The monoisotopic (exact) mass is 439 g/mol. The van der Waals surface area contributed by atoms with Crippen molar-refractivity contribution in [3.63, 3.8) is 0 Å². The van der Waals surface area contributed by atoms with E-state index in [-0.39, 0.29) is 17.4 Å². The van der Waals surface area contributed by atoms with Gasteiger partial charge in [-0.2, -0.15) is 5.26 Å². The molecule has 33 heavy (non-hydrogen) atoms. The Hall–Kier alpha value is -2.88. The van der Waals surface area contributed by atoms with Gasteiger partial charge in [-0.25, -0.2) is 0 Å². The van der Waals surface area contributed by atoms with Crippen LogP contribution in [0.4, 0.5) is 0 Å². The molecular formula is C30H33NO2. The molecule has 3 aliphatic rings. The molecule has 5 unspecified atom stereocenters. The first kappa shape index (κ1) is 23.3. The number of hydrogen-bond donors (Lipinski definition) is 1. The summed E-state index contributed by atoms with van der Waals surface area (Å²) in [6, 6.07) is 10.4. The summed E-state index contributed by atoms with van der Waals surface area (Å²) in [5, 5.41) is 19.6. The Kier molecular flexibility index (Phi) is 7.02. The molecule has 0 aliphatic heterocycles. The number of aliphatic hydroxyl groups excluding tert-OH is 1. The van der Waals surface area contributed by atoms with Gasteiger partial charge >= 0.3 is 0 Å². The van der Waals surface area contributed by atoms with Crippen molar-refractivity contribution in [1.29, 1.82) is 5.26 Å². The van der Waals surface area contributed by atoms with Gasteiger partial charge in [-0.1, -0.05) is 49.8 Å². The summed E-state index contributed by atoms with van der Waals surface area (Å²) in [6.45, 7) is 4.52. The van der Waals surface area contributed by atoms with Crippen molar-refractivity contribution in [2.24, 2.45) is 17.3 Å². The van der Waals surface area contributed by atoms with E-state index >= 15 is 0 Å². The number of nitrogens with zero attached hydrogens (tertiary/aromatic N) is 1. The van der Waals surface area contributed by atoms with Crippen LogP contribution >= 0.6 is 0 Å². The summed E-state index contributed by atoms with van der Waals surface area (Å²) in [7, 11) is 0. The molecule has 0 aromatic heterocycles. The molecule has 3 aliphatic carbocycles. The van der Waals surface area contributed by atoms with Crippen molar-refractivity contribution in [2.75, 3.05) is 0 Å². The zero-order valence-corrected chi connectivity index (χ0v) is 19.7. The smallest absolute Gasteiger partial charge is 0.143 e. The number of nitriles is 1. The standard InChI is InChI=1S/C30H33NO2/c1-3-7-24-23(17-19-32)13-14-25-27-15-16-28(33)30(27,2)20-26(29(24)25)22-11-9-21(10-12-22)8-5-4-6-18-31/h4,6,9-12,17,19,25-28,33H,3,7,13-16,20H2,1-2H3/b6-4-,23-17-. The molecule has 2 fully saturated rings. The first-order valence-electron chi connectivity index (χ1n) is 12.2. The van der Waals surface area contributed by atoms with Gasteiger partial charge < -0.3 is 5.11 Å². The molecule has 0 radical (unpaired) electrons. The highest BCUT2D eigenvalue weighted by Gasteiger charge is 2.56. The predicted molar refractivity (Wildman–Crippen MR) is 131 cm³/mol. The van der Waals surface area contributed by atoms with Gasteiger partial charge in [0.15, 0.2) is 0 Å². The van der Waals surface area contributed by atoms with Gasteiger partial charge in [0.25, 0.3) is 0 Å². The van der Waals surface area contributed by atoms with Crippen molar-refractivity contribution in [2.45, 2.75) is 70.8 Å². The maximum absolute atomic E-state index is 11.4. The third kappa shape index (κ3) is 4.36. The fraction of sp³-hybridized carbons (Fsp3) is 0.467. The molecule has 3 nitrogen and oxygen atoms in total. The lowest BCUT2D eigenvalue weighted by molar-refractivity contribution is -0.104. The summed E-state index contributed by atoms with van der Waals surface area (Å²) < 4.78 is 0. The van der Waals surface area contributed by atoms with Crippen LogP contribution in [0.15, 0.2) is 59.2 Å². The van der Waals surface area contributed by atoms with Gasteiger partial charge in [0.05, 0.1) is 12.2 Å². The predicted octanol–water partition coefficient (Wildman–Crippen LogP) is 6.01. The van der Waals surface area contributed by atoms with E-state index in [0.29, 0.717) is 11.8 Å². The molecule has 1 N–H and O–H groups in total. The molecule has 0 saturated heterocycles. The largest absolute Gasteiger partial charge is 0.393 e. The summed E-state index contributed by atoms with van der Waals surface area (Å²) in [4.78, 5) is 11.4. The van der Waals surface area contributed by atoms with Crippen molar-refractivity contribution >= 4 is 6.29 Å². The van der Waals surface area contributed by atoms with E-state index < -0.39 is 0 Å². The average Bonchev–Trinajstić information content (AvgIpc) is 3.12. The van der Waals surface area contributed by atoms with Crippen molar-refractivity contribution in [3.8, 4) is 17.9 Å². The van der Waals surface area contributed by atoms with Crippen LogP contribution in [0.3, 0.4) is 0 Å². The molecule has 3 heteroatoms. The highest BCUT2D eigenvalue weighted by molar-refractivity contribution is 5.69.